The largest absolute Gasteiger partial charge is 0.376 e. The molecule has 128 valence electrons. The molecule has 4 rings (SSSR count). The third kappa shape index (κ3) is 2.95. The molecule has 2 aromatic carbocycles. The van der Waals surface area contributed by atoms with Gasteiger partial charge in [-0.3, -0.25) is 4.79 Å². The zero-order valence-electron chi connectivity index (χ0n) is 14.4. The summed E-state index contributed by atoms with van der Waals surface area (Å²) in [6.07, 6.45) is 6.89. The molecule has 0 bridgehead atoms. The number of carbonyl (C=O) groups excluding carboxylic acids is 1. The Morgan fingerprint density at radius 1 is 1.08 bits per heavy atom. The van der Waals surface area contributed by atoms with Crippen LogP contribution in [0.15, 0.2) is 30.3 Å². The molecule has 25 heavy (non-hydrogen) atoms. The lowest BCUT2D eigenvalue weighted by Gasteiger charge is -2.31. The van der Waals surface area contributed by atoms with Gasteiger partial charge in [-0.05, 0) is 48.3 Å². The fourth-order valence-electron chi connectivity index (χ4n) is 4.31. The maximum Gasteiger partial charge on any atom is 0.240 e. The molecule has 4 nitrogen and oxygen atoms in total. The number of rotatable bonds is 4. The predicted octanol–water partition coefficient (Wildman–Crippen LogP) is 3.69. The van der Waals surface area contributed by atoms with E-state index in [1.165, 1.54) is 21.9 Å². The van der Waals surface area contributed by atoms with Crippen LogP contribution in [0.25, 0.3) is 10.8 Å². The van der Waals surface area contributed by atoms with Crippen molar-refractivity contribution >= 4 is 22.4 Å². The Morgan fingerprint density at radius 3 is 2.60 bits per heavy atom. The van der Waals surface area contributed by atoms with E-state index in [1.54, 1.807) is 0 Å². The molecule has 0 unspecified atom stereocenters. The van der Waals surface area contributed by atoms with Crippen molar-refractivity contribution in [2.75, 3.05) is 11.9 Å². The van der Waals surface area contributed by atoms with E-state index in [0.29, 0.717) is 0 Å². The molecule has 0 aliphatic heterocycles. The first-order chi connectivity index (χ1) is 12.2. The summed E-state index contributed by atoms with van der Waals surface area (Å²) in [5.41, 5.74) is 3.11. The number of nitriles is 1. The minimum absolute atomic E-state index is 0.105. The standard InChI is InChI=1S/C21H23N3O/c22-14-21(11-2-1-3-12-21)24-19(25)13-23-18-10-9-16-8-7-15-5-4-6-17(18)20(15)16/h4-6,9-10,23H,1-3,7-8,11-13H2,(H,24,25). The second-order valence-corrected chi connectivity index (χ2v) is 7.27. The smallest absolute Gasteiger partial charge is 0.240 e. The van der Waals surface area contributed by atoms with E-state index in [9.17, 15) is 10.1 Å². The van der Waals surface area contributed by atoms with Crippen LogP contribution >= 0.6 is 0 Å². The fourth-order valence-corrected chi connectivity index (χ4v) is 4.31. The zero-order chi connectivity index (χ0) is 17.3. The molecule has 0 spiro atoms. The SMILES string of the molecule is N#CC1(NC(=O)CNc2ccc3c4c(cccc24)CC3)CCCCC1. The summed E-state index contributed by atoms with van der Waals surface area (Å²) < 4.78 is 0. The van der Waals surface area contributed by atoms with Gasteiger partial charge in [0.15, 0.2) is 0 Å². The van der Waals surface area contributed by atoms with Crippen molar-refractivity contribution in [1.82, 2.24) is 5.32 Å². The Labute approximate surface area is 148 Å². The van der Waals surface area contributed by atoms with Gasteiger partial charge in [-0.2, -0.15) is 5.26 Å². The summed E-state index contributed by atoms with van der Waals surface area (Å²) >= 11 is 0. The summed E-state index contributed by atoms with van der Waals surface area (Å²) in [4.78, 5) is 12.4. The Morgan fingerprint density at radius 2 is 1.84 bits per heavy atom. The number of hydrogen-bond donors (Lipinski definition) is 2. The first-order valence-electron chi connectivity index (χ1n) is 9.20. The highest BCUT2D eigenvalue weighted by atomic mass is 16.2. The number of anilines is 1. The highest BCUT2D eigenvalue weighted by Gasteiger charge is 2.33. The molecular weight excluding hydrogens is 310 g/mol. The first kappa shape index (κ1) is 16.0. The van der Waals surface area contributed by atoms with Gasteiger partial charge in [0.05, 0.1) is 12.6 Å². The van der Waals surface area contributed by atoms with Crippen LogP contribution in [0.5, 0.6) is 0 Å². The van der Waals surface area contributed by atoms with E-state index in [0.717, 1.165) is 50.6 Å². The number of aryl methyl sites for hydroxylation is 2. The molecule has 0 atom stereocenters. The van der Waals surface area contributed by atoms with Crippen molar-refractivity contribution in [2.45, 2.75) is 50.5 Å². The number of nitrogens with one attached hydrogen (secondary N) is 2. The maximum absolute atomic E-state index is 12.4. The molecule has 2 N–H and O–H groups in total. The summed E-state index contributed by atoms with van der Waals surface area (Å²) in [5, 5.41) is 18.3. The Kier molecular flexibility index (Phi) is 4.09. The van der Waals surface area contributed by atoms with Crippen LogP contribution < -0.4 is 10.6 Å². The number of amides is 1. The maximum atomic E-state index is 12.4. The molecule has 0 saturated heterocycles. The van der Waals surface area contributed by atoms with Gasteiger partial charge in [0.25, 0.3) is 0 Å². The van der Waals surface area contributed by atoms with Crippen molar-refractivity contribution in [2.24, 2.45) is 0 Å². The summed E-state index contributed by atoms with van der Waals surface area (Å²) in [6.45, 7) is 0.197. The second kappa shape index (κ2) is 6.40. The average Bonchev–Trinajstić information content (AvgIpc) is 3.07. The topological polar surface area (TPSA) is 64.9 Å². The van der Waals surface area contributed by atoms with Gasteiger partial charge in [0.2, 0.25) is 5.91 Å². The lowest BCUT2D eigenvalue weighted by atomic mass is 9.83. The monoisotopic (exact) mass is 333 g/mol. The minimum atomic E-state index is -0.668. The molecule has 0 heterocycles. The zero-order valence-corrected chi connectivity index (χ0v) is 14.4. The van der Waals surface area contributed by atoms with E-state index < -0.39 is 5.54 Å². The average molecular weight is 333 g/mol. The molecule has 1 saturated carbocycles. The van der Waals surface area contributed by atoms with Gasteiger partial charge in [0, 0.05) is 11.1 Å². The first-order valence-corrected chi connectivity index (χ1v) is 9.20. The van der Waals surface area contributed by atoms with E-state index >= 15 is 0 Å². The van der Waals surface area contributed by atoms with Crippen LogP contribution in [-0.4, -0.2) is 18.0 Å². The third-order valence-corrected chi connectivity index (χ3v) is 5.62. The molecule has 4 heteroatoms. The van der Waals surface area contributed by atoms with Gasteiger partial charge in [0.1, 0.15) is 5.54 Å². The summed E-state index contributed by atoms with van der Waals surface area (Å²) in [6, 6.07) is 13.0. The third-order valence-electron chi connectivity index (χ3n) is 5.62. The van der Waals surface area contributed by atoms with Crippen LogP contribution in [0, 0.1) is 11.3 Å². The van der Waals surface area contributed by atoms with Gasteiger partial charge < -0.3 is 10.6 Å². The van der Waals surface area contributed by atoms with Crippen LogP contribution in [0.1, 0.15) is 43.2 Å². The molecule has 1 fully saturated rings. The van der Waals surface area contributed by atoms with Crippen molar-refractivity contribution in [1.29, 1.82) is 5.26 Å². The van der Waals surface area contributed by atoms with Gasteiger partial charge in [-0.1, -0.05) is 43.5 Å². The fraction of sp³-hybridized carbons (Fsp3) is 0.429. The van der Waals surface area contributed by atoms with Crippen LogP contribution in [0.2, 0.25) is 0 Å². The van der Waals surface area contributed by atoms with Crippen LogP contribution in [-0.2, 0) is 17.6 Å². The van der Waals surface area contributed by atoms with Crippen LogP contribution in [0.3, 0.4) is 0 Å². The lowest BCUT2D eigenvalue weighted by molar-refractivity contribution is -0.121. The number of nitrogens with zero attached hydrogens (tertiary/aromatic N) is 1. The lowest BCUT2D eigenvalue weighted by Crippen LogP contribution is -2.50. The summed E-state index contributed by atoms with van der Waals surface area (Å²) in [7, 11) is 0. The molecule has 2 aliphatic carbocycles. The number of carbonyl (C=O) groups is 1. The van der Waals surface area contributed by atoms with Crippen molar-refractivity contribution in [3.05, 3.63) is 41.5 Å². The normalized spacial score (nSPS) is 17.9. The van der Waals surface area contributed by atoms with E-state index in [-0.39, 0.29) is 12.5 Å². The Hall–Kier alpha value is -2.54. The van der Waals surface area contributed by atoms with Gasteiger partial charge in [-0.15, -0.1) is 0 Å². The second-order valence-electron chi connectivity index (χ2n) is 7.27. The molecule has 2 aromatic rings. The molecule has 1 amide bonds. The molecular formula is C21H23N3O. The van der Waals surface area contributed by atoms with Crippen molar-refractivity contribution in [3.63, 3.8) is 0 Å². The van der Waals surface area contributed by atoms with Gasteiger partial charge in [-0.25, -0.2) is 0 Å². The number of benzene rings is 2. The quantitative estimate of drug-likeness (QED) is 0.897. The highest BCUT2D eigenvalue weighted by molar-refractivity contribution is 6.00. The molecule has 2 aliphatic rings. The Balaban J connectivity index is 1.48. The number of hydrogen-bond acceptors (Lipinski definition) is 3. The van der Waals surface area contributed by atoms with E-state index in [4.69, 9.17) is 0 Å². The predicted molar refractivity (Wildman–Crippen MR) is 99.4 cm³/mol. The van der Waals surface area contributed by atoms with Crippen molar-refractivity contribution < 1.29 is 4.79 Å². The minimum Gasteiger partial charge on any atom is -0.376 e. The van der Waals surface area contributed by atoms with E-state index in [1.807, 2.05) is 0 Å². The van der Waals surface area contributed by atoms with Crippen molar-refractivity contribution in [3.8, 4) is 6.07 Å². The van der Waals surface area contributed by atoms with Crippen LogP contribution in [0.4, 0.5) is 5.69 Å². The Bertz CT molecular complexity index is 849. The van der Waals surface area contributed by atoms with E-state index in [2.05, 4.69) is 47.0 Å². The highest BCUT2D eigenvalue weighted by Crippen LogP contribution is 2.35. The van der Waals surface area contributed by atoms with Gasteiger partial charge >= 0.3 is 0 Å². The molecule has 0 radical (unpaired) electrons. The molecule has 0 aromatic heterocycles. The summed E-state index contributed by atoms with van der Waals surface area (Å²) in [5.74, 6) is -0.105.